The summed E-state index contributed by atoms with van der Waals surface area (Å²) >= 11 is 0. The third kappa shape index (κ3) is 5.84. The van der Waals surface area contributed by atoms with Gasteiger partial charge in [0.15, 0.2) is 11.5 Å². The predicted octanol–water partition coefficient (Wildman–Crippen LogP) is 3.85. The number of aromatic nitrogens is 2. The molecule has 0 aliphatic carbocycles. The molecule has 8 heteroatoms. The van der Waals surface area contributed by atoms with Crippen LogP contribution in [0.25, 0.3) is 10.9 Å². The Hall–Kier alpha value is -2.32. The van der Waals surface area contributed by atoms with Crippen LogP contribution >= 0.6 is 0 Å². The fourth-order valence-corrected chi connectivity index (χ4v) is 4.73. The molecule has 1 N–H and O–H groups in total. The first-order valence-electron chi connectivity index (χ1n) is 12.9. The number of likely N-dealkylation sites (N-methyl/N-ethyl adjacent to an activating group) is 1. The molecule has 188 valence electrons. The summed E-state index contributed by atoms with van der Waals surface area (Å²) in [5.41, 5.74) is 0.901. The van der Waals surface area contributed by atoms with Crippen molar-refractivity contribution < 1.29 is 9.47 Å². The van der Waals surface area contributed by atoms with E-state index < -0.39 is 0 Å². The van der Waals surface area contributed by atoms with Gasteiger partial charge in [0.05, 0.1) is 19.2 Å². The highest BCUT2D eigenvalue weighted by Crippen LogP contribution is 2.36. The third-order valence-corrected chi connectivity index (χ3v) is 7.11. The Morgan fingerprint density at radius 1 is 1.03 bits per heavy atom. The number of anilines is 2. The molecule has 34 heavy (non-hydrogen) atoms. The Morgan fingerprint density at radius 2 is 1.76 bits per heavy atom. The number of hydrogen-bond donors (Lipinski definition) is 1. The predicted molar refractivity (Wildman–Crippen MR) is 140 cm³/mol. The van der Waals surface area contributed by atoms with E-state index in [1.807, 2.05) is 12.1 Å². The smallest absolute Gasteiger partial charge is 0.227 e. The Labute approximate surface area is 204 Å². The fourth-order valence-electron chi connectivity index (χ4n) is 4.73. The van der Waals surface area contributed by atoms with Gasteiger partial charge in [-0.05, 0) is 46.2 Å². The van der Waals surface area contributed by atoms with E-state index in [2.05, 4.69) is 47.8 Å². The number of piperazine rings is 1. The minimum atomic E-state index is 0.403. The van der Waals surface area contributed by atoms with Gasteiger partial charge in [0, 0.05) is 62.8 Å². The number of fused-ring (bicyclic) bond motifs is 1. The van der Waals surface area contributed by atoms with Gasteiger partial charge in [-0.2, -0.15) is 4.98 Å². The zero-order valence-corrected chi connectivity index (χ0v) is 21.6. The molecular formula is C26H42N6O2. The summed E-state index contributed by atoms with van der Waals surface area (Å²) in [6.07, 6.45) is 4.33. The number of ether oxygens (including phenoxy) is 2. The van der Waals surface area contributed by atoms with E-state index >= 15 is 0 Å². The van der Waals surface area contributed by atoms with Gasteiger partial charge in [-0.15, -0.1) is 0 Å². The molecule has 8 nitrogen and oxygen atoms in total. The van der Waals surface area contributed by atoms with Gasteiger partial charge in [-0.25, -0.2) is 4.98 Å². The molecule has 2 fully saturated rings. The standard InChI is InChI=1S/C26H42N6O2/c1-6-7-16-34-24-18-22-21(17-23(24)33-5)25(27-20-8-10-31(11-9-20)19(2)3)29-26(28-22)32-14-12-30(4)13-15-32/h17-20H,6-16H2,1-5H3,(H,27,28,29). The number of benzene rings is 1. The molecule has 3 heterocycles. The van der Waals surface area contributed by atoms with Gasteiger partial charge >= 0.3 is 0 Å². The van der Waals surface area contributed by atoms with Crippen LogP contribution in [-0.2, 0) is 0 Å². The summed E-state index contributed by atoms with van der Waals surface area (Å²) in [6, 6.07) is 5.06. The van der Waals surface area contributed by atoms with Gasteiger partial charge in [-0.3, -0.25) is 0 Å². The van der Waals surface area contributed by atoms with Gasteiger partial charge in [0.25, 0.3) is 0 Å². The highest BCUT2D eigenvalue weighted by molar-refractivity contribution is 5.93. The molecule has 2 aliphatic heterocycles. The van der Waals surface area contributed by atoms with Crippen LogP contribution in [0.4, 0.5) is 11.8 Å². The van der Waals surface area contributed by atoms with E-state index in [-0.39, 0.29) is 0 Å². The maximum atomic E-state index is 6.07. The molecular weight excluding hydrogens is 428 g/mol. The normalized spacial score (nSPS) is 18.6. The molecule has 1 aromatic heterocycles. The summed E-state index contributed by atoms with van der Waals surface area (Å²) in [6.45, 7) is 13.5. The number of unbranched alkanes of at least 4 members (excludes halogenated alkanes) is 1. The molecule has 2 aromatic rings. The van der Waals surface area contributed by atoms with E-state index in [0.29, 0.717) is 18.7 Å². The molecule has 2 saturated heterocycles. The largest absolute Gasteiger partial charge is 0.493 e. The van der Waals surface area contributed by atoms with E-state index in [9.17, 15) is 0 Å². The van der Waals surface area contributed by atoms with Crippen LogP contribution in [0.1, 0.15) is 46.5 Å². The molecule has 0 unspecified atom stereocenters. The molecule has 1 aromatic carbocycles. The van der Waals surface area contributed by atoms with Crippen LogP contribution in [0.5, 0.6) is 11.5 Å². The summed E-state index contributed by atoms with van der Waals surface area (Å²) in [7, 11) is 3.86. The van der Waals surface area contributed by atoms with Crippen LogP contribution in [0.15, 0.2) is 12.1 Å². The maximum absolute atomic E-state index is 6.07. The fraction of sp³-hybridized carbons (Fsp3) is 0.692. The molecule has 0 bridgehead atoms. The van der Waals surface area contributed by atoms with Crippen LogP contribution in [0, 0.1) is 0 Å². The van der Waals surface area contributed by atoms with Crippen molar-refractivity contribution in [2.24, 2.45) is 0 Å². The average molecular weight is 471 g/mol. The first-order chi connectivity index (χ1) is 16.5. The summed E-state index contributed by atoms with van der Waals surface area (Å²) in [4.78, 5) is 17.2. The van der Waals surface area contributed by atoms with Crippen molar-refractivity contribution in [1.29, 1.82) is 0 Å². The first kappa shape index (κ1) is 24.8. The van der Waals surface area contributed by atoms with Crippen molar-refractivity contribution in [3.63, 3.8) is 0 Å². The number of hydrogen-bond acceptors (Lipinski definition) is 8. The molecule has 4 rings (SSSR count). The van der Waals surface area contributed by atoms with Gasteiger partial charge < -0.3 is 29.5 Å². The van der Waals surface area contributed by atoms with Crippen molar-refractivity contribution in [2.45, 2.75) is 58.5 Å². The first-order valence-corrected chi connectivity index (χ1v) is 12.9. The number of piperidine rings is 1. The van der Waals surface area contributed by atoms with Gasteiger partial charge in [-0.1, -0.05) is 13.3 Å². The van der Waals surface area contributed by atoms with Crippen LogP contribution < -0.4 is 19.7 Å². The van der Waals surface area contributed by atoms with Crippen LogP contribution in [-0.4, -0.2) is 91.9 Å². The Bertz CT molecular complexity index is 937. The Balaban J connectivity index is 1.66. The number of nitrogens with zero attached hydrogens (tertiary/aromatic N) is 5. The average Bonchev–Trinajstić information content (AvgIpc) is 2.84. The van der Waals surface area contributed by atoms with E-state index in [4.69, 9.17) is 19.4 Å². The SMILES string of the molecule is CCCCOc1cc2nc(N3CCN(C)CC3)nc(NC3CCN(C(C)C)CC3)c2cc1OC. The van der Waals surface area contributed by atoms with Crippen LogP contribution in [0.3, 0.4) is 0 Å². The lowest BCUT2D eigenvalue weighted by Gasteiger charge is -2.35. The molecule has 0 amide bonds. The third-order valence-electron chi connectivity index (χ3n) is 7.11. The number of nitrogens with one attached hydrogen (secondary N) is 1. The quantitative estimate of drug-likeness (QED) is 0.555. The molecule has 0 atom stereocenters. The summed E-state index contributed by atoms with van der Waals surface area (Å²) in [5.74, 6) is 3.19. The lowest BCUT2D eigenvalue weighted by Crippen LogP contribution is -2.45. The monoisotopic (exact) mass is 470 g/mol. The van der Waals surface area contributed by atoms with Crippen molar-refractivity contribution in [2.75, 3.05) is 70.2 Å². The molecule has 0 spiro atoms. The minimum absolute atomic E-state index is 0.403. The zero-order chi connectivity index (χ0) is 24.1. The molecule has 0 radical (unpaired) electrons. The summed E-state index contributed by atoms with van der Waals surface area (Å²) in [5, 5.41) is 4.77. The van der Waals surface area contributed by atoms with E-state index in [1.165, 1.54) is 0 Å². The summed E-state index contributed by atoms with van der Waals surface area (Å²) < 4.78 is 11.8. The van der Waals surface area contributed by atoms with E-state index in [1.54, 1.807) is 7.11 Å². The molecule has 2 aliphatic rings. The lowest BCUT2D eigenvalue weighted by atomic mass is 10.0. The Kier molecular flexibility index (Phi) is 8.32. The zero-order valence-electron chi connectivity index (χ0n) is 21.6. The van der Waals surface area contributed by atoms with E-state index in [0.717, 1.165) is 99.1 Å². The Morgan fingerprint density at radius 3 is 2.41 bits per heavy atom. The van der Waals surface area contributed by atoms with Crippen molar-refractivity contribution >= 4 is 22.7 Å². The van der Waals surface area contributed by atoms with Crippen molar-refractivity contribution in [1.82, 2.24) is 19.8 Å². The topological polar surface area (TPSA) is 66.0 Å². The second-order valence-electron chi connectivity index (χ2n) is 9.93. The molecule has 0 saturated carbocycles. The lowest BCUT2D eigenvalue weighted by molar-refractivity contribution is 0.177. The number of methoxy groups -OCH3 is 1. The maximum Gasteiger partial charge on any atom is 0.227 e. The van der Waals surface area contributed by atoms with Gasteiger partial charge in [0.2, 0.25) is 5.95 Å². The second kappa shape index (κ2) is 11.4. The van der Waals surface area contributed by atoms with Crippen molar-refractivity contribution in [3.8, 4) is 11.5 Å². The van der Waals surface area contributed by atoms with Crippen LogP contribution in [0.2, 0.25) is 0 Å². The second-order valence-corrected chi connectivity index (χ2v) is 9.93. The van der Waals surface area contributed by atoms with Crippen molar-refractivity contribution in [3.05, 3.63) is 12.1 Å². The highest BCUT2D eigenvalue weighted by Gasteiger charge is 2.24. The number of likely N-dealkylation sites (tertiary alicyclic amines) is 1. The highest BCUT2D eigenvalue weighted by atomic mass is 16.5. The van der Waals surface area contributed by atoms with Gasteiger partial charge in [0.1, 0.15) is 5.82 Å². The minimum Gasteiger partial charge on any atom is -0.493 e. The number of rotatable bonds is 9.